The van der Waals surface area contributed by atoms with E-state index < -0.39 is 0 Å². The van der Waals surface area contributed by atoms with Crippen LogP contribution in [0.25, 0.3) is 0 Å². The normalized spacial score (nSPS) is 20.4. The first-order chi connectivity index (χ1) is 16.6. The van der Waals surface area contributed by atoms with E-state index in [-0.39, 0.29) is 5.54 Å². The second kappa shape index (κ2) is 21.1. The summed E-state index contributed by atoms with van der Waals surface area (Å²) < 4.78 is 0. The lowest BCUT2D eigenvalue weighted by molar-refractivity contribution is 0.0690. The zero-order valence-corrected chi connectivity index (χ0v) is 24.5. The molecule has 1 aliphatic rings. The summed E-state index contributed by atoms with van der Waals surface area (Å²) in [7, 11) is 0. The highest BCUT2D eigenvalue weighted by atomic mass is 14.8. The molecule has 1 rings (SSSR count). The topological polar surface area (TPSA) is 26.0 Å². The molecule has 1 fully saturated rings. The van der Waals surface area contributed by atoms with Gasteiger partial charge in [0.25, 0.3) is 0 Å². The number of hydrogen-bond acceptors (Lipinski definition) is 1. The lowest BCUT2D eigenvalue weighted by Crippen LogP contribution is -2.58. The Bertz CT molecular complexity index is 420. The second-order valence-corrected chi connectivity index (χ2v) is 12.2. The van der Waals surface area contributed by atoms with Crippen LogP contribution in [0.1, 0.15) is 188 Å². The maximum absolute atomic E-state index is 7.79. The molecule has 1 saturated carbocycles. The fourth-order valence-corrected chi connectivity index (χ4v) is 7.09. The molecule has 0 aromatic carbocycles. The van der Waals surface area contributed by atoms with Crippen molar-refractivity contribution >= 4 is 0 Å². The predicted molar refractivity (Wildman–Crippen MR) is 156 cm³/mol. The SMILES string of the molecule is CCCCCCCCCC(C)C(N)(C1CCCCCCCCCC1)[C@H](CCC)CCCCCC. The van der Waals surface area contributed by atoms with Crippen molar-refractivity contribution in [3.63, 3.8) is 0 Å². The predicted octanol–water partition coefficient (Wildman–Crippen LogP) is 11.4. The molecule has 0 aliphatic heterocycles. The Labute approximate surface area is 217 Å². The van der Waals surface area contributed by atoms with E-state index in [4.69, 9.17) is 5.73 Å². The van der Waals surface area contributed by atoms with E-state index >= 15 is 0 Å². The number of hydrogen-bond donors (Lipinski definition) is 1. The number of unbranched alkanes of at least 4 members (excludes halogenated alkanes) is 9. The molecule has 1 heteroatoms. The summed E-state index contributed by atoms with van der Waals surface area (Å²) in [6.07, 6.45) is 35.1. The van der Waals surface area contributed by atoms with Gasteiger partial charge in [0.15, 0.2) is 0 Å². The van der Waals surface area contributed by atoms with Crippen LogP contribution in [0.3, 0.4) is 0 Å². The van der Waals surface area contributed by atoms with Crippen LogP contribution in [0, 0.1) is 17.8 Å². The van der Waals surface area contributed by atoms with Crippen molar-refractivity contribution < 1.29 is 0 Å². The second-order valence-electron chi connectivity index (χ2n) is 12.2. The molecule has 2 unspecified atom stereocenters. The molecule has 0 saturated heterocycles. The zero-order chi connectivity index (χ0) is 24.9. The first-order valence-corrected chi connectivity index (χ1v) is 16.4. The van der Waals surface area contributed by atoms with Gasteiger partial charge in [-0.05, 0) is 49.9 Å². The summed E-state index contributed by atoms with van der Waals surface area (Å²) >= 11 is 0. The monoisotopic (exact) mass is 478 g/mol. The number of rotatable bonds is 18. The Morgan fingerprint density at radius 1 is 0.559 bits per heavy atom. The highest BCUT2D eigenvalue weighted by Gasteiger charge is 2.44. The van der Waals surface area contributed by atoms with Gasteiger partial charge in [-0.15, -0.1) is 0 Å². The first-order valence-electron chi connectivity index (χ1n) is 16.4. The molecule has 34 heavy (non-hydrogen) atoms. The molecule has 0 aromatic rings. The van der Waals surface area contributed by atoms with Crippen molar-refractivity contribution in [2.45, 2.75) is 194 Å². The zero-order valence-electron chi connectivity index (χ0n) is 24.5. The van der Waals surface area contributed by atoms with Crippen LogP contribution in [0.2, 0.25) is 0 Å². The maximum Gasteiger partial charge on any atom is 0.0237 e. The molecule has 0 spiro atoms. The molecule has 0 radical (unpaired) electrons. The minimum atomic E-state index is 0.0541. The van der Waals surface area contributed by atoms with Crippen LogP contribution in [0.4, 0.5) is 0 Å². The third-order valence-corrected chi connectivity index (χ3v) is 9.41. The van der Waals surface area contributed by atoms with E-state index in [9.17, 15) is 0 Å². The Balaban J connectivity index is 2.91. The third kappa shape index (κ3) is 12.8. The van der Waals surface area contributed by atoms with Gasteiger partial charge in [-0.1, -0.05) is 156 Å². The number of nitrogens with two attached hydrogens (primary N) is 1. The summed E-state index contributed by atoms with van der Waals surface area (Å²) in [5.41, 5.74) is 7.85. The van der Waals surface area contributed by atoms with E-state index in [1.165, 1.54) is 161 Å². The smallest absolute Gasteiger partial charge is 0.0237 e. The van der Waals surface area contributed by atoms with Crippen LogP contribution >= 0.6 is 0 Å². The van der Waals surface area contributed by atoms with Crippen molar-refractivity contribution in [1.82, 2.24) is 0 Å². The van der Waals surface area contributed by atoms with E-state index in [2.05, 4.69) is 27.7 Å². The van der Waals surface area contributed by atoms with Crippen LogP contribution < -0.4 is 5.73 Å². The molecule has 1 aliphatic carbocycles. The summed E-state index contributed by atoms with van der Waals surface area (Å²) in [5, 5.41) is 0. The lowest BCUT2D eigenvalue weighted by Gasteiger charge is -2.49. The highest BCUT2D eigenvalue weighted by molar-refractivity contribution is 5.00. The van der Waals surface area contributed by atoms with Crippen molar-refractivity contribution in [1.29, 1.82) is 0 Å². The Kier molecular flexibility index (Phi) is 19.8. The molecular weight excluding hydrogens is 410 g/mol. The third-order valence-electron chi connectivity index (χ3n) is 9.41. The molecule has 0 heterocycles. The standard InChI is InChI=1S/C33H67N/c1-5-8-10-12-15-18-21-26-30(4)33(34,31(25-7-3)27-22-11-9-6-2)32-28-23-19-16-13-14-17-20-24-29-32/h30-32H,5-29,34H2,1-4H3/t30?,31-,33?/m1/s1. The van der Waals surface area contributed by atoms with E-state index in [0.717, 1.165) is 11.8 Å². The van der Waals surface area contributed by atoms with Crippen molar-refractivity contribution in [3.05, 3.63) is 0 Å². The average molecular weight is 478 g/mol. The van der Waals surface area contributed by atoms with Gasteiger partial charge in [0.1, 0.15) is 0 Å². The molecule has 0 aromatic heterocycles. The molecule has 1 nitrogen and oxygen atoms in total. The maximum atomic E-state index is 7.79. The van der Waals surface area contributed by atoms with Gasteiger partial charge in [-0.2, -0.15) is 0 Å². The Hall–Kier alpha value is -0.0400. The van der Waals surface area contributed by atoms with Crippen LogP contribution in [0.5, 0.6) is 0 Å². The molecule has 0 amide bonds. The Morgan fingerprint density at radius 3 is 1.53 bits per heavy atom. The fraction of sp³-hybridized carbons (Fsp3) is 1.00. The molecule has 0 bridgehead atoms. The average Bonchev–Trinajstić information content (AvgIpc) is 2.90. The summed E-state index contributed by atoms with van der Waals surface area (Å²) in [6.45, 7) is 9.62. The van der Waals surface area contributed by atoms with Crippen LogP contribution in [0.15, 0.2) is 0 Å². The first kappa shape index (κ1) is 32.0. The van der Waals surface area contributed by atoms with Gasteiger partial charge in [0.05, 0.1) is 0 Å². The van der Waals surface area contributed by atoms with Gasteiger partial charge in [-0.25, -0.2) is 0 Å². The van der Waals surface area contributed by atoms with Gasteiger partial charge >= 0.3 is 0 Å². The van der Waals surface area contributed by atoms with E-state index in [1.54, 1.807) is 0 Å². The largest absolute Gasteiger partial charge is 0.324 e. The minimum absolute atomic E-state index is 0.0541. The molecule has 204 valence electrons. The van der Waals surface area contributed by atoms with Crippen molar-refractivity contribution in [3.8, 4) is 0 Å². The van der Waals surface area contributed by atoms with Crippen LogP contribution in [-0.2, 0) is 0 Å². The van der Waals surface area contributed by atoms with Crippen LogP contribution in [-0.4, -0.2) is 5.54 Å². The fourth-order valence-electron chi connectivity index (χ4n) is 7.09. The van der Waals surface area contributed by atoms with Gasteiger partial charge in [-0.3, -0.25) is 0 Å². The summed E-state index contributed by atoms with van der Waals surface area (Å²) in [6, 6.07) is 0. The van der Waals surface area contributed by atoms with Gasteiger partial charge in [0.2, 0.25) is 0 Å². The van der Waals surface area contributed by atoms with Crippen molar-refractivity contribution in [2.24, 2.45) is 23.5 Å². The minimum Gasteiger partial charge on any atom is -0.324 e. The lowest BCUT2D eigenvalue weighted by atomic mass is 9.61. The molecule has 2 N–H and O–H groups in total. The van der Waals surface area contributed by atoms with Crippen molar-refractivity contribution in [2.75, 3.05) is 0 Å². The Morgan fingerprint density at radius 2 is 1.00 bits per heavy atom. The highest BCUT2D eigenvalue weighted by Crippen LogP contribution is 2.44. The van der Waals surface area contributed by atoms with Gasteiger partial charge in [0, 0.05) is 5.54 Å². The van der Waals surface area contributed by atoms with E-state index in [1.807, 2.05) is 0 Å². The quantitative estimate of drug-likeness (QED) is 0.195. The molecule has 3 atom stereocenters. The summed E-state index contributed by atoms with van der Waals surface area (Å²) in [5.74, 6) is 2.14. The molecular formula is C33H67N. The van der Waals surface area contributed by atoms with Gasteiger partial charge < -0.3 is 5.73 Å². The van der Waals surface area contributed by atoms with E-state index in [0.29, 0.717) is 5.92 Å². The summed E-state index contributed by atoms with van der Waals surface area (Å²) in [4.78, 5) is 0.